The van der Waals surface area contributed by atoms with Crippen molar-refractivity contribution in [3.8, 4) is 0 Å². The van der Waals surface area contributed by atoms with Crippen molar-refractivity contribution < 1.29 is 0 Å². The average Bonchev–Trinajstić information content (AvgIpc) is 2.45. The lowest BCUT2D eigenvalue weighted by Crippen LogP contribution is -2.20. The maximum absolute atomic E-state index is 4.16. The van der Waals surface area contributed by atoms with Crippen molar-refractivity contribution >= 4 is 15.9 Å². The van der Waals surface area contributed by atoms with Crippen molar-refractivity contribution in [3.63, 3.8) is 0 Å². The largest absolute Gasteiger partial charge is 0.276 e. The van der Waals surface area contributed by atoms with Gasteiger partial charge in [-0.2, -0.15) is 5.10 Å². The average molecular weight is 259 g/mol. The smallest absolute Gasteiger partial charge is 0.0521 e. The van der Waals surface area contributed by atoms with Gasteiger partial charge in [0.15, 0.2) is 0 Å². The van der Waals surface area contributed by atoms with Crippen LogP contribution in [0.1, 0.15) is 32.8 Å². The molecular formula is C11H19BrN2. The van der Waals surface area contributed by atoms with E-state index in [0.717, 1.165) is 12.8 Å². The Labute approximate surface area is 94.8 Å². The minimum absolute atomic E-state index is 0.336. The highest BCUT2D eigenvalue weighted by molar-refractivity contribution is 9.09. The van der Waals surface area contributed by atoms with Gasteiger partial charge in [0.25, 0.3) is 0 Å². The fraction of sp³-hybridized carbons (Fsp3) is 0.727. The number of halogens is 1. The molecule has 0 radical (unpaired) electrons. The summed E-state index contributed by atoms with van der Waals surface area (Å²) in [5.74, 6) is 0. The van der Waals surface area contributed by atoms with Gasteiger partial charge in [0.05, 0.1) is 6.20 Å². The molecule has 0 aliphatic heterocycles. The molecule has 1 heterocycles. The van der Waals surface area contributed by atoms with Crippen LogP contribution >= 0.6 is 15.9 Å². The van der Waals surface area contributed by atoms with Crippen LogP contribution in [0.4, 0.5) is 0 Å². The van der Waals surface area contributed by atoms with E-state index in [9.17, 15) is 0 Å². The fourth-order valence-electron chi connectivity index (χ4n) is 1.33. The zero-order chi connectivity index (χ0) is 10.8. The summed E-state index contributed by atoms with van der Waals surface area (Å²) in [6, 6.07) is 0. The quantitative estimate of drug-likeness (QED) is 0.762. The molecular weight excluding hydrogens is 240 g/mol. The Hall–Kier alpha value is -0.310. The third-order valence-electron chi connectivity index (χ3n) is 2.38. The number of nitrogens with zero attached hydrogens (tertiary/aromatic N) is 2. The van der Waals surface area contributed by atoms with Crippen molar-refractivity contribution in [2.45, 2.75) is 38.4 Å². The lowest BCUT2D eigenvalue weighted by Gasteiger charge is -2.25. The van der Waals surface area contributed by atoms with Crippen LogP contribution in [0.25, 0.3) is 0 Å². The predicted octanol–water partition coefficient (Wildman–Crippen LogP) is 3.16. The molecule has 0 aliphatic carbocycles. The van der Waals surface area contributed by atoms with E-state index >= 15 is 0 Å². The lowest BCUT2D eigenvalue weighted by molar-refractivity contribution is 0.386. The number of aromatic nitrogens is 2. The van der Waals surface area contributed by atoms with Crippen LogP contribution in [-0.2, 0) is 13.5 Å². The van der Waals surface area contributed by atoms with E-state index in [1.165, 1.54) is 5.56 Å². The normalized spacial score (nSPS) is 14.4. The summed E-state index contributed by atoms with van der Waals surface area (Å²) in [4.78, 5) is 0.565. The van der Waals surface area contributed by atoms with E-state index in [0.29, 0.717) is 10.2 Å². The molecule has 0 spiro atoms. The summed E-state index contributed by atoms with van der Waals surface area (Å²) in [5.41, 5.74) is 1.66. The van der Waals surface area contributed by atoms with Crippen molar-refractivity contribution in [3.05, 3.63) is 18.0 Å². The van der Waals surface area contributed by atoms with E-state index in [2.05, 4.69) is 48.0 Å². The molecule has 3 heteroatoms. The molecule has 0 aliphatic rings. The van der Waals surface area contributed by atoms with Gasteiger partial charge in [0.1, 0.15) is 0 Å². The molecule has 0 saturated carbocycles. The van der Waals surface area contributed by atoms with Gasteiger partial charge in [-0.05, 0) is 23.8 Å². The molecule has 0 bridgehead atoms. The summed E-state index contributed by atoms with van der Waals surface area (Å²) in [6.07, 6.45) is 6.29. The van der Waals surface area contributed by atoms with Crippen molar-refractivity contribution in [2.24, 2.45) is 12.5 Å². The van der Waals surface area contributed by atoms with Crippen LogP contribution in [-0.4, -0.2) is 14.6 Å². The zero-order valence-electron chi connectivity index (χ0n) is 9.42. The highest BCUT2D eigenvalue weighted by Crippen LogP contribution is 2.29. The number of hydrogen-bond acceptors (Lipinski definition) is 1. The first-order valence-corrected chi connectivity index (χ1v) is 5.93. The maximum atomic E-state index is 4.16. The molecule has 0 fully saturated rings. The molecule has 1 atom stereocenters. The summed E-state index contributed by atoms with van der Waals surface area (Å²) in [5, 5.41) is 4.16. The van der Waals surface area contributed by atoms with Crippen LogP contribution in [0, 0.1) is 5.41 Å². The van der Waals surface area contributed by atoms with E-state index in [-0.39, 0.29) is 0 Å². The highest BCUT2D eigenvalue weighted by atomic mass is 79.9. The SMILES string of the molecule is Cn1cc(CCC(Br)C(C)(C)C)cn1. The summed E-state index contributed by atoms with van der Waals surface area (Å²) < 4.78 is 1.86. The molecule has 14 heavy (non-hydrogen) atoms. The third-order valence-corrected chi connectivity index (χ3v) is 4.22. The molecule has 1 aromatic rings. The minimum Gasteiger partial charge on any atom is -0.276 e. The van der Waals surface area contributed by atoms with E-state index < -0.39 is 0 Å². The standard InChI is InChI=1S/C11H19BrN2/c1-11(2,3)10(12)6-5-9-7-13-14(4)8-9/h7-8,10H,5-6H2,1-4H3. The lowest BCUT2D eigenvalue weighted by atomic mass is 9.89. The van der Waals surface area contributed by atoms with Crippen LogP contribution in [0.2, 0.25) is 0 Å². The Morgan fingerprint density at radius 3 is 2.57 bits per heavy atom. The summed E-state index contributed by atoms with van der Waals surface area (Å²) in [6.45, 7) is 6.78. The first-order chi connectivity index (χ1) is 6.39. The number of alkyl halides is 1. The Balaban J connectivity index is 2.41. The first kappa shape index (κ1) is 11.8. The van der Waals surface area contributed by atoms with Gasteiger partial charge in [-0.1, -0.05) is 36.7 Å². The van der Waals surface area contributed by atoms with Crippen LogP contribution in [0.3, 0.4) is 0 Å². The van der Waals surface area contributed by atoms with Gasteiger partial charge in [0, 0.05) is 18.1 Å². The van der Waals surface area contributed by atoms with Crippen molar-refractivity contribution in [2.75, 3.05) is 0 Å². The number of hydrogen-bond donors (Lipinski definition) is 0. The molecule has 1 rings (SSSR count). The topological polar surface area (TPSA) is 17.8 Å². The second-order valence-electron chi connectivity index (χ2n) is 4.89. The Kier molecular flexibility index (Phi) is 3.76. The molecule has 0 saturated heterocycles. The van der Waals surface area contributed by atoms with Crippen LogP contribution < -0.4 is 0 Å². The summed E-state index contributed by atoms with van der Waals surface area (Å²) >= 11 is 3.74. The van der Waals surface area contributed by atoms with Gasteiger partial charge in [-0.3, -0.25) is 4.68 Å². The van der Waals surface area contributed by atoms with E-state index in [4.69, 9.17) is 0 Å². The number of rotatable bonds is 3. The monoisotopic (exact) mass is 258 g/mol. The van der Waals surface area contributed by atoms with Gasteiger partial charge in [-0.15, -0.1) is 0 Å². The van der Waals surface area contributed by atoms with Gasteiger partial charge in [-0.25, -0.2) is 0 Å². The Morgan fingerprint density at radius 1 is 1.50 bits per heavy atom. The zero-order valence-corrected chi connectivity index (χ0v) is 11.0. The van der Waals surface area contributed by atoms with Crippen LogP contribution in [0.5, 0.6) is 0 Å². The maximum Gasteiger partial charge on any atom is 0.0521 e. The first-order valence-electron chi connectivity index (χ1n) is 5.01. The Bertz CT molecular complexity index is 286. The fourth-order valence-corrected chi connectivity index (χ4v) is 1.56. The second-order valence-corrected chi connectivity index (χ2v) is 6.00. The number of aryl methyl sites for hydroxylation is 2. The summed E-state index contributed by atoms with van der Waals surface area (Å²) in [7, 11) is 1.96. The minimum atomic E-state index is 0.336. The van der Waals surface area contributed by atoms with Gasteiger partial charge >= 0.3 is 0 Å². The molecule has 0 aromatic carbocycles. The van der Waals surface area contributed by atoms with Gasteiger partial charge in [0.2, 0.25) is 0 Å². The van der Waals surface area contributed by atoms with Crippen molar-refractivity contribution in [1.29, 1.82) is 0 Å². The highest BCUT2D eigenvalue weighted by Gasteiger charge is 2.21. The van der Waals surface area contributed by atoms with Crippen LogP contribution in [0.15, 0.2) is 12.4 Å². The molecule has 1 unspecified atom stereocenters. The predicted molar refractivity (Wildman–Crippen MR) is 63.7 cm³/mol. The molecule has 0 N–H and O–H groups in total. The molecule has 1 aromatic heterocycles. The molecule has 0 amide bonds. The second kappa shape index (κ2) is 4.47. The molecule has 80 valence electrons. The van der Waals surface area contributed by atoms with Gasteiger partial charge < -0.3 is 0 Å². The van der Waals surface area contributed by atoms with E-state index in [1.54, 1.807) is 0 Å². The van der Waals surface area contributed by atoms with Crippen molar-refractivity contribution in [1.82, 2.24) is 9.78 Å². The van der Waals surface area contributed by atoms with E-state index in [1.807, 2.05) is 17.9 Å². The molecule has 2 nitrogen and oxygen atoms in total. The Morgan fingerprint density at radius 2 is 2.14 bits per heavy atom. The third kappa shape index (κ3) is 3.45.